The number of anilines is 1. The molecular formula is C18H17BrClNO5. The number of methoxy groups -OCH3 is 2. The van der Waals surface area contributed by atoms with Crippen LogP contribution in [-0.4, -0.2) is 32.7 Å². The Morgan fingerprint density at radius 3 is 2.27 bits per heavy atom. The van der Waals surface area contributed by atoms with Gasteiger partial charge in [0.05, 0.1) is 30.5 Å². The van der Waals surface area contributed by atoms with Gasteiger partial charge in [-0.15, -0.1) is 0 Å². The fourth-order valence-electron chi connectivity index (χ4n) is 2.20. The van der Waals surface area contributed by atoms with Gasteiger partial charge in [0.2, 0.25) is 0 Å². The Morgan fingerprint density at radius 2 is 1.73 bits per heavy atom. The van der Waals surface area contributed by atoms with E-state index < -0.39 is 18.5 Å². The molecule has 0 fully saturated rings. The van der Waals surface area contributed by atoms with Crippen LogP contribution in [-0.2, 0) is 9.53 Å². The summed E-state index contributed by atoms with van der Waals surface area (Å²) in [6, 6.07) is 8.08. The van der Waals surface area contributed by atoms with Crippen LogP contribution in [0.15, 0.2) is 34.8 Å². The topological polar surface area (TPSA) is 73.9 Å². The van der Waals surface area contributed by atoms with Gasteiger partial charge in [0.25, 0.3) is 5.91 Å². The molecule has 0 radical (unpaired) electrons. The van der Waals surface area contributed by atoms with E-state index >= 15 is 0 Å². The molecule has 6 nitrogen and oxygen atoms in total. The minimum absolute atomic E-state index is 0.221. The van der Waals surface area contributed by atoms with E-state index in [9.17, 15) is 9.59 Å². The lowest BCUT2D eigenvalue weighted by molar-refractivity contribution is -0.119. The van der Waals surface area contributed by atoms with Gasteiger partial charge in [0.1, 0.15) is 11.5 Å². The molecule has 26 heavy (non-hydrogen) atoms. The smallest absolute Gasteiger partial charge is 0.338 e. The molecule has 0 aliphatic rings. The van der Waals surface area contributed by atoms with Crippen molar-refractivity contribution < 1.29 is 23.8 Å². The second-order valence-corrected chi connectivity index (χ2v) is 6.58. The van der Waals surface area contributed by atoms with Crippen LogP contribution >= 0.6 is 27.5 Å². The highest BCUT2D eigenvalue weighted by Gasteiger charge is 2.16. The predicted octanol–water partition coefficient (Wildman–Crippen LogP) is 4.22. The molecule has 0 unspecified atom stereocenters. The highest BCUT2D eigenvalue weighted by molar-refractivity contribution is 9.10. The van der Waals surface area contributed by atoms with E-state index in [1.54, 1.807) is 18.2 Å². The zero-order valence-corrected chi connectivity index (χ0v) is 16.7. The van der Waals surface area contributed by atoms with Crippen LogP contribution in [0.5, 0.6) is 11.5 Å². The Balaban J connectivity index is 2.03. The molecule has 0 aliphatic carbocycles. The molecule has 0 bridgehead atoms. The molecule has 0 spiro atoms. The maximum Gasteiger partial charge on any atom is 0.338 e. The molecule has 8 heteroatoms. The first-order valence-electron chi connectivity index (χ1n) is 7.50. The first kappa shape index (κ1) is 20.1. The maximum atomic E-state index is 12.2. The van der Waals surface area contributed by atoms with Gasteiger partial charge >= 0.3 is 5.97 Å². The lowest BCUT2D eigenvalue weighted by atomic mass is 10.1. The quantitative estimate of drug-likeness (QED) is 0.678. The summed E-state index contributed by atoms with van der Waals surface area (Å²) in [5.74, 6) is -0.197. The number of esters is 1. The van der Waals surface area contributed by atoms with E-state index in [4.69, 9.17) is 25.8 Å². The third-order valence-electron chi connectivity index (χ3n) is 3.53. The fraction of sp³-hybridized carbons (Fsp3) is 0.222. The molecule has 0 saturated heterocycles. The molecule has 1 N–H and O–H groups in total. The van der Waals surface area contributed by atoms with Gasteiger partial charge in [-0.1, -0.05) is 27.5 Å². The number of halogens is 2. The summed E-state index contributed by atoms with van der Waals surface area (Å²) in [7, 11) is 2.98. The van der Waals surface area contributed by atoms with Gasteiger partial charge in [0.15, 0.2) is 6.61 Å². The molecule has 2 aromatic carbocycles. The van der Waals surface area contributed by atoms with Crippen molar-refractivity contribution in [1.29, 1.82) is 0 Å². The standard InChI is InChI=1S/C18H17BrClNO5/c1-10-15(24-2)6-11(7-16(10)25-3)18(23)26-9-17(22)21-14-5-4-12(19)8-13(14)20/h4-8H,9H2,1-3H3,(H,21,22). The Bertz CT molecular complexity index is 815. The summed E-state index contributed by atoms with van der Waals surface area (Å²) >= 11 is 9.31. The van der Waals surface area contributed by atoms with Crippen molar-refractivity contribution in [2.75, 3.05) is 26.1 Å². The summed E-state index contributed by atoms with van der Waals surface area (Å²) in [4.78, 5) is 24.2. The van der Waals surface area contributed by atoms with Crippen LogP contribution < -0.4 is 14.8 Å². The average molecular weight is 443 g/mol. The zero-order valence-electron chi connectivity index (χ0n) is 14.4. The molecule has 0 aromatic heterocycles. The van der Waals surface area contributed by atoms with Crippen molar-refractivity contribution in [2.45, 2.75) is 6.92 Å². The Kier molecular flexibility index (Phi) is 6.88. The Labute approximate surface area is 164 Å². The minimum Gasteiger partial charge on any atom is -0.496 e. The summed E-state index contributed by atoms with van der Waals surface area (Å²) < 4.78 is 16.3. The van der Waals surface area contributed by atoms with Crippen molar-refractivity contribution in [3.8, 4) is 11.5 Å². The average Bonchev–Trinajstić information content (AvgIpc) is 2.62. The minimum atomic E-state index is -0.668. The number of carbonyl (C=O) groups excluding carboxylic acids is 2. The highest BCUT2D eigenvalue weighted by Crippen LogP contribution is 2.30. The first-order valence-corrected chi connectivity index (χ1v) is 8.67. The Hall–Kier alpha value is -2.25. The van der Waals surface area contributed by atoms with Gasteiger partial charge in [-0.05, 0) is 37.3 Å². The lowest BCUT2D eigenvalue weighted by Gasteiger charge is -2.12. The molecule has 0 heterocycles. The third-order valence-corrected chi connectivity index (χ3v) is 4.33. The van der Waals surface area contributed by atoms with Crippen LogP contribution in [0, 0.1) is 6.92 Å². The maximum absolute atomic E-state index is 12.2. The molecule has 1 amide bonds. The van der Waals surface area contributed by atoms with Gasteiger partial charge in [-0.2, -0.15) is 0 Å². The van der Waals surface area contributed by atoms with E-state index in [0.29, 0.717) is 22.2 Å². The molecule has 0 atom stereocenters. The van der Waals surface area contributed by atoms with Crippen LogP contribution in [0.3, 0.4) is 0 Å². The molecular weight excluding hydrogens is 426 g/mol. The van der Waals surface area contributed by atoms with E-state index in [1.807, 2.05) is 6.92 Å². The number of hydrogen-bond donors (Lipinski definition) is 1. The summed E-state index contributed by atoms with van der Waals surface area (Å²) in [6.07, 6.45) is 0. The molecule has 2 rings (SSSR count). The Morgan fingerprint density at radius 1 is 1.12 bits per heavy atom. The number of nitrogens with one attached hydrogen (secondary N) is 1. The molecule has 2 aromatic rings. The molecule has 138 valence electrons. The lowest BCUT2D eigenvalue weighted by Crippen LogP contribution is -2.21. The second kappa shape index (κ2) is 8.91. The van der Waals surface area contributed by atoms with Crippen LogP contribution in [0.4, 0.5) is 5.69 Å². The van der Waals surface area contributed by atoms with Gasteiger partial charge in [-0.25, -0.2) is 4.79 Å². The monoisotopic (exact) mass is 441 g/mol. The number of carbonyl (C=O) groups is 2. The van der Waals surface area contributed by atoms with E-state index in [1.165, 1.54) is 26.4 Å². The van der Waals surface area contributed by atoms with Crippen molar-refractivity contribution in [3.05, 3.63) is 51.0 Å². The van der Waals surface area contributed by atoms with Crippen molar-refractivity contribution in [3.63, 3.8) is 0 Å². The number of benzene rings is 2. The molecule has 0 saturated carbocycles. The molecule has 0 aliphatic heterocycles. The van der Waals surface area contributed by atoms with Crippen LogP contribution in [0.1, 0.15) is 15.9 Å². The van der Waals surface area contributed by atoms with Gasteiger partial charge in [0, 0.05) is 10.0 Å². The van der Waals surface area contributed by atoms with Gasteiger partial charge < -0.3 is 19.5 Å². The van der Waals surface area contributed by atoms with Crippen LogP contribution in [0.25, 0.3) is 0 Å². The van der Waals surface area contributed by atoms with Crippen molar-refractivity contribution in [2.24, 2.45) is 0 Å². The van der Waals surface area contributed by atoms with E-state index in [-0.39, 0.29) is 5.56 Å². The number of hydrogen-bond acceptors (Lipinski definition) is 5. The largest absolute Gasteiger partial charge is 0.496 e. The normalized spacial score (nSPS) is 10.2. The highest BCUT2D eigenvalue weighted by atomic mass is 79.9. The number of amides is 1. The predicted molar refractivity (Wildman–Crippen MR) is 102 cm³/mol. The van der Waals surface area contributed by atoms with E-state index in [0.717, 1.165) is 10.0 Å². The third kappa shape index (κ3) is 4.89. The number of rotatable bonds is 6. The number of ether oxygens (including phenoxy) is 3. The van der Waals surface area contributed by atoms with E-state index in [2.05, 4.69) is 21.2 Å². The second-order valence-electron chi connectivity index (χ2n) is 5.25. The van der Waals surface area contributed by atoms with Crippen LogP contribution in [0.2, 0.25) is 5.02 Å². The summed E-state index contributed by atoms with van der Waals surface area (Å²) in [6.45, 7) is 1.35. The van der Waals surface area contributed by atoms with Crippen molar-refractivity contribution in [1.82, 2.24) is 0 Å². The fourth-order valence-corrected chi connectivity index (χ4v) is 2.92. The SMILES string of the molecule is COc1cc(C(=O)OCC(=O)Nc2ccc(Br)cc2Cl)cc(OC)c1C. The summed E-state index contributed by atoms with van der Waals surface area (Å²) in [5.41, 5.74) is 1.41. The zero-order chi connectivity index (χ0) is 19.3. The summed E-state index contributed by atoms with van der Waals surface area (Å²) in [5, 5.41) is 2.95. The van der Waals surface area contributed by atoms with Gasteiger partial charge in [-0.3, -0.25) is 4.79 Å². The van der Waals surface area contributed by atoms with Crippen molar-refractivity contribution >= 4 is 45.1 Å². The first-order chi connectivity index (χ1) is 12.3.